The zero-order chi connectivity index (χ0) is 16.1. The normalized spacial score (nSPS) is 12.2. The Morgan fingerprint density at radius 2 is 2.18 bits per heavy atom. The zero-order valence-corrected chi connectivity index (χ0v) is 13.5. The van der Waals surface area contributed by atoms with Crippen LogP contribution in [-0.2, 0) is 0 Å². The molecule has 0 aliphatic heterocycles. The van der Waals surface area contributed by atoms with E-state index in [0.29, 0.717) is 23.7 Å². The van der Waals surface area contributed by atoms with Crippen molar-refractivity contribution in [3.63, 3.8) is 0 Å². The first-order chi connectivity index (χ1) is 10.5. The number of aliphatic hydroxyl groups is 1. The average Bonchev–Trinajstić information content (AvgIpc) is 2.87. The highest BCUT2D eigenvalue weighted by atomic mass is 35.5. The summed E-state index contributed by atoms with van der Waals surface area (Å²) in [4.78, 5) is 12.2. The Labute approximate surface area is 134 Å². The number of benzene rings is 1. The summed E-state index contributed by atoms with van der Waals surface area (Å²) in [7, 11) is 0. The number of hydrogen-bond acceptors (Lipinski definition) is 3. The first kappa shape index (κ1) is 16.5. The summed E-state index contributed by atoms with van der Waals surface area (Å²) in [5, 5.41) is 16.6. The lowest BCUT2D eigenvalue weighted by Crippen LogP contribution is -2.29. The quantitative estimate of drug-likeness (QED) is 0.859. The van der Waals surface area contributed by atoms with Crippen LogP contribution in [0, 0.1) is 12.8 Å². The van der Waals surface area contributed by atoms with Crippen molar-refractivity contribution in [2.24, 2.45) is 5.92 Å². The van der Waals surface area contributed by atoms with Crippen molar-refractivity contribution >= 4 is 17.5 Å². The van der Waals surface area contributed by atoms with Crippen LogP contribution in [0.5, 0.6) is 0 Å². The van der Waals surface area contributed by atoms with Gasteiger partial charge in [-0.3, -0.25) is 4.79 Å². The molecule has 1 aromatic heterocycles. The van der Waals surface area contributed by atoms with Gasteiger partial charge in [0.1, 0.15) is 0 Å². The second-order valence-electron chi connectivity index (χ2n) is 5.38. The molecule has 2 aromatic rings. The van der Waals surface area contributed by atoms with E-state index in [0.717, 1.165) is 11.3 Å². The summed E-state index contributed by atoms with van der Waals surface area (Å²) in [5.74, 6) is 0.00741. The third-order valence-electron chi connectivity index (χ3n) is 3.44. The molecule has 1 atom stereocenters. The second-order valence-corrected chi connectivity index (χ2v) is 5.79. The van der Waals surface area contributed by atoms with Crippen LogP contribution < -0.4 is 5.32 Å². The molecule has 0 bridgehead atoms. The SMILES string of the molecule is Cc1cn(-c2ccccc2Cl)nc1C(=O)NCC(C)CCO. The van der Waals surface area contributed by atoms with Crippen molar-refractivity contribution in [3.8, 4) is 5.69 Å². The topological polar surface area (TPSA) is 67.2 Å². The van der Waals surface area contributed by atoms with E-state index in [-0.39, 0.29) is 18.4 Å². The maximum Gasteiger partial charge on any atom is 0.272 e. The van der Waals surface area contributed by atoms with Gasteiger partial charge in [-0.2, -0.15) is 5.10 Å². The van der Waals surface area contributed by atoms with Crippen molar-refractivity contribution in [2.75, 3.05) is 13.2 Å². The molecule has 0 saturated carbocycles. The second kappa shape index (κ2) is 7.42. The smallest absolute Gasteiger partial charge is 0.272 e. The van der Waals surface area contributed by atoms with Gasteiger partial charge in [0.25, 0.3) is 5.91 Å². The molecule has 22 heavy (non-hydrogen) atoms. The average molecular weight is 322 g/mol. The molecule has 118 valence electrons. The minimum atomic E-state index is -0.215. The van der Waals surface area contributed by atoms with Gasteiger partial charge in [0.2, 0.25) is 0 Å². The molecule has 1 heterocycles. The first-order valence-corrected chi connectivity index (χ1v) is 7.61. The van der Waals surface area contributed by atoms with Gasteiger partial charge in [-0.15, -0.1) is 0 Å². The van der Waals surface area contributed by atoms with Crippen LogP contribution >= 0.6 is 11.6 Å². The summed E-state index contributed by atoms with van der Waals surface area (Å²) in [6.45, 7) is 4.45. The molecule has 1 amide bonds. The number of nitrogens with zero attached hydrogens (tertiary/aromatic N) is 2. The maximum atomic E-state index is 12.2. The van der Waals surface area contributed by atoms with Crippen molar-refractivity contribution in [1.29, 1.82) is 0 Å². The number of halogens is 1. The molecule has 1 unspecified atom stereocenters. The number of aryl methyl sites for hydroxylation is 1. The molecule has 0 radical (unpaired) electrons. The van der Waals surface area contributed by atoms with Crippen molar-refractivity contribution in [2.45, 2.75) is 20.3 Å². The van der Waals surface area contributed by atoms with E-state index in [1.165, 1.54) is 0 Å². The van der Waals surface area contributed by atoms with Crippen LogP contribution in [0.2, 0.25) is 5.02 Å². The van der Waals surface area contributed by atoms with Gasteiger partial charge < -0.3 is 10.4 Å². The molecule has 2 rings (SSSR count). The Morgan fingerprint density at radius 3 is 2.86 bits per heavy atom. The third-order valence-corrected chi connectivity index (χ3v) is 3.76. The summed E-state index contributed by atoms with van der Waals surface area (Å²) in [6.07, 6.45) is 2.45. The van der Waals surface area contributed by atoms with Crippen LogP contribution in [0.1, 0.15) is 29.4 Å². The Bertz CT molecular complexity index is 655. The van der Waals surface area contributed by atoms with Gasteiger partial charge in [-0.05, 0) is 31.4 Å². The van der Waals surface area contributed by atoms with E-state index in [2.05, 4.69) is 10.4 Å². The predicted octanol–water partition coefficient (Wildman–Crippen LogP) is 2.58. The van der Waals surface area contributed by atoms with E-state index in [4.69, 9.17) is 16.7 Å². The number of aliphatic hydroxyl groups excluding tert-OH is 1. The van der Waals surface area contributed by atoms with Crippen LogP contribution in [0.25, 0.3) is 5.69 Å². The maximum absolute atomic E-state index is 12.2. The number of carbonyl (C=O) groups excluding carboxylic acids is 1. The highest BCUT2D eigenvalue weighted by Crippen LogP contribution is 2.20. The predicted molar refractivity (Wildman–Crippen MR) is 86.5 cm³/mol. The molecule has 0 spiro atoms. The number of para-hydroxylation sites is 1. The minimum Gasteiger partial charge on any atom is -0.396 e. The van der Waals surface area contributed by atoms with Gasteiger partial charge >= 0.3 is 0 Å². The highest BCUT2D eigenvalue weighted by Gasteiger charge is 2.16. The van der Waals surface area contributed by atoms with Gasteiger partial charge in [0.05, 0.1) is 10.7 Å². The zero-order valence-electron chi connectivity index (χ0n) is 12.7. The Morgan fingerprint density at radius 1 is 1.45 bits per heavy atom. The van der Waals surface area contributed by atoms with Crippen molar-refractivity contribution < 1.29 is 9.90 Å². The van der Waals surface area contributed by atoms with E-state index in [1.54, 1.807) is 16.9 Å². The van der Waals surface area contributed by atoms with E-state index >= 15 is 0 Å². The van der Waals surface area contributed by atoms with Gasteiger partial charge in [0.15, 0.2) is 5.69 Å². The van der Waals surface area contributed by atoms with Gasteiger partial charge in [-0.25, -0.2) is 4.68 Å². The fourth-order valence-electron chi connectivity index (χ4n) is 2.12. The fraction of sp³-hybridized carbons (Fsp3) is 0.375. The summed E-state index contributed by atoms with van der Waals surface area (Å²) >= 11 is 6.15. The lowest BCUT2D eigenvalue weighted by atomic mass is 10.1. The molecule has 0 aliphatic carbocycles. The van der Waals surface area contributed by atoms with Crippen molar-refractivity contribution in [3.05, 3.63) is 46.7 Å². The Balaban J connectivity index is 2.13. The minimum absolute atomic E-state index is 0.122. The highest BCUT2D eigenvalue weighted by molar-refractivity contribution is 6.32. The largest absolute Gasteiger partial charge is 0.396 e. The molecule has 0 fully saturated rings. The molecule has 5 nitrogen and oxygen atoms in total. The number of hydrogen-bond donors (Lipinski definition) is 2. The van der Waals surface area contributed by atoms with Crippen molar-refractivity contribution in [1.82, 2.24) is 15.1 Å². The molecule has 0 aliphatic rings. The van der Waals surface area contributed by atoms with Gasteiger partial charge in [0, 0.05) is 24.9 Å². The lowest BCUT2D eigenvalue weighted by Gasteiger charge is -2.10. The Hall–Kier alpha value is -1.85. The fourth-order valence-corrected chi connectivity index (χ4v) is 2.34. The molecule has 1 aromatic carbocycles. The van der Waals surface area contributed by atoms with Crippen LogP contribution in [-0.4, -0.2) is 33.9 Å². The van der Waals surface area contributed by atoms with Crippen LogP contribution in [0.3, 0.4) is 0 Å². The number of amides is 1. The van der Waals surface area contributed by atoms with Crippen LogP contribution in [0.15, 0.2) is 30.5 Å². The third kappa shape index (κ3) is 3.87. The lowest BCUT2D eigenvalue weighted by molar-refractivity contribution is 0.0939. The number of carbonyl (C=O) groups is 1. The standard InChI is InChI=1S/C16H20ClN3O2/c1-11(7-8-21)9-18-16(22)15-12(2)10-20(19-15)14-6-4-3-5-13(14)17/h3-6,10-11,21H,7-9H2,1-2H3,(H,18,22). The number of aromatic nitrogens is 2. The summed E-state index contributed by atoms with van der Waals surface area (Å²) < 4.78 is 1.61. The molecular formula is C16H20ClN3O2. The van der Waals surface area contributed by atoms with E-state index in [1.807, 2.05) is 32.0 Å². The van der Waals surface area contributed by atoms with Crippen LogP contribution in [0.4, 0.5) is 0 Å². The molecular weight excluding hydrogens is 302 g/mol. The first-order valence-electron chi connectivity index (χ1n) is 7.23. The summed E-state index contributed by atoms with van der Waals surface area (Å²) in [5.41, 5.74) is 1.91. The van der Waals surface area contributed by atoms with Gasteiger partial charge in [-0.1, -0.05) is 30.7 Å². The summed E-state index contributed by atoms with van der Waals surface area (Å²) in [6, 6.07) is 7.34. The molecule has 2 N–H and O–H groups in total. The molecule has 0 saturated heterocycles. The van der Waals surface area contributed by atoms with E-state index in [9.17, 15) is 4.79 Å². The molecule has 6 heteroatoms. The van der Waals surface area contributed by atoms with E-state index < -0.39 is 0 Å². The number of nitrogens with one attached hydrogen (secondary N) is 1. The Kier molecular flexibility index (Phi) is 5.57. The monoisotopic (exact) mass is 321 g/mol. The number of rotatable bonds is 6.